The Morgan fingerprint density at radius 3 is 2.83 bits per heavy atom. The molecule has 2 nitrogen and oxygen atoms in total. The maximum Gasteiger partial charge on any atom is 0.124 e. The number of para-hydroxylation sites is 1. The summed E-state index contributed by atoms with van der Waals surface area (Å²) in [5, 5.41) is 3.72. The highest BCUT2D eigenvalue weighted by atomic mass is 16.5. The van der Waals surface area contributed by atoms with Gasteiger partial charge in [-0.05, 0) is 38.7 Å². The number of hydrogen-bond donors (Lipinski definition) is 1. The smallest absolute Gasteiger partial charge is 0.124 e. The van der Waals surface area contributed by atoms with Crippen LogP contribution in [0.4, 0.5) is 0 Å². The number of nitrogens with one attached hydrogen (secondary N) is 1. The van der Waals surface area contributed by atoms with E-state index < -0.39 is 0 Å². The van der Waals surface area contributed by atoms with E-state index in [4.69, 9.17) is 4.74 Å². The van der Waals surface area contributed by atoms with Gasteiger partial charge < -0.3 is 10.1 Å². The zero-order chi connectivity index (χ0) is 13.0. The van der Waals surface area contributed by atoms with E-state index in [1.807, 2.05) is 13.0 Å². The zero-order valence-corrected chi connectivity index (χ0v) is 11.8. The lowest BCUT2D eigenvalue weighted by Crippen LogP contribution is -2.23. The first-order valence-electron chi connectivity index (χ1n) is 7.24. The van der Waals surface area contributed by atoms with E-state index in [1.165, 1.54) is 24.8 Å². The van der Waals surface area contributed by atoms with Crippen LogP contribution >= 0.6 is 0 Å². The van der Waals surface area contributed by atoms with Gasteiger partial charge in [0.05, 0.1) is 6.61 Å². The summed E-state index contributed by atoms with van der Waals surface area (Å²) < 4.78 is 5.69. The maximum atomic E-state index is 5.69. The van der Waals surface area contributed by atoms with E-state index in [0.717, 1.165) is 24.3 Å². The molecule has 1 aromatic carbocycles. The van der Waals surface area contributed by atoms with Crippen molar-refractivity contribution in [2.24, 2.45) is 5.92 Å². The van der Waals surface area contributed by atoms with Crippen LogP contribution < -0.4 is 10.1 Å². The zero-order valence-electron chi connectivity index (χ0n) is 11.8. The number of ether oxygens (including phenoxy) is 1. The Bertz CT molecular complexity index is 377. The van der Waals surface area contributed by atoms with Gasteiger partial charge in [-0.15, -0.1) is 0 Å². The lowest BCUT2D eigenvalue weighted by Gasteiger charge is -2.18. The van der Waals surface area contributed by atoms with Crippen LogP contribution in [0.1, 0.15) is 51.6 Å². The standard InChI is InChI=1S/C16H25NO/c1-4-8-13-11-15(13)17-12(3)14-9-6-7-10-16(14)18-5-2/h6-7,9-10,12-13,15,17H,4-5,8,11H2,1-3H3. The Morgan fingerprint density at radius 2 is 2.11 bits per heavy atom. The highest BCUT2D eigenvalue weighted by molar-refractivity contribution is 5.35. The highest BCUT2D eigenvalue weighted by Gasteiger charge is 2.36. The van der Waals surface area contributed by atoms with E-state index >= 15 is 0 Å². The summed E-state index contributed by atoms with van der Waals surface area (Å²) in [7, 11) is 0. The highest BCUT2D eigenvalue weighted by Crippen LogP contribution is 2.37. The maximum absolute atomic E-state index is 5.69. The fourth-order valence-corrected chi connectivity index (χ4v) is 2.68. The molecule has 2 heteroatoms. The molecule has 0 aromatic heterocycles. The van der Waals surface area contributed by atoms with E-state index in [9.17, 15) is 0 Å². The van der Waals surface area contributed by atoms with E-state index in [0.29, 0.717) is 6.04 Å². The topological polar surface area (TPSA) is 21.3 Å². The van der Waals surface area contributed by atoms with Gasteiger partial charge >= 0.3 is 0 Å². The molecule has 100 valence electrons. The molecule has 0 amide bonds. The van der Waals surface area contributed by atoms with Gasteiger partial charge in [-0.2, -0.15) is 0 Å². The van der Waals surface area contributed by atoms with Gasteiger partial charge in [0.2, 0.25) is 0 Å². The van der Waals surface area contributed by atoms with Gasteiger partial charge in [0.1, 0.15) is 5.75 Å². The van der Waals surface area contributed by atoms with Crippen molar-refractivity contribution in [2.75, 3.05) is 6.61 Å². The van der Waals surface area contributed by atoms with Crippen LogP contribution in [0.5, 0.6) is 5.75 Å². The predicted octanol–water partition coefficient (Wildman–Crippen LogP) is 3.92. The van der Waals surface area contributed by atoms with Crippen LogP contribution in [0.15, 0.2) is 24.3 Å². The predicted molar refractivity (Wildman–Crippen MR) is 76.0 cm³/mol. The first-order valence-corrected chi connectivity index (χ1v) is 7.24. The third-order valence-corrected chi connectivity index (χ3v) is 3.73. The summed E-state index contributed by atoms with van der Waals surface area (Å²) in [6.45, 7) is 7.26. The Kier molecular flexibility index (Phi) is 4.65. The van der Waals surface area contributed by atoms with Crippen LogP contribution in [-0.4, -0.2) is 12.6 Å². The molecule has 1 N–H and O–H groups in total. The minimum atomic E-state index is 0.375. The molecule has 18 heavy (non-hydrogen) atoms. The van der Waals surface area contributed by atoms with Crippen molar-refractivity contribution in [1.82, 2.24) is 5.32 Å². The van der Waals surface area contributed by atoms with E-state index in [1.54, 1.807) is 0 Å². The fourth-order valence-electron chi connectivity index (χ4n) is 2.68. The summed E-state index contributed by atoms with van der Waals surface area (Å²) in [6, 6.07) is 9.45. The van der Waals surface area contributed by atoms with Crippen LogP contribution in [0.3, 0.4) is 0 Å². The van der Waals surface area contributed by atoms with Crippen LogP contribution in [0.25, 0.3) is 0 Å². The normalized spacial score (nSPS) is 23.7. The number of rotatable bonds is 7. The Balaban J connectivity index is 1.94. The van der Waals surface area contributed by atoms with Gasteiger partial charge in [-0.1, -0.05) is 31.5 Å². The molecule has 0 bridgehead atoms. The van der Waals surface area contributed by atoms with Crippen LogP contribution in [0, 0.1) is 5.92 Å². The molecule has 1 aliphatic carbocycles. The molecular weight excluding hydrogens is 222 g/mol. The minimum Gasteiger partial charge on any atom is -0.494 e. The molecule has 3 unspecified atom stereocenters. The second-order valence-electron chi connectivity index (χ2n) is 5.25. The second-order valence-corrected chi connectivity index (χ2v) is 5.25. The molecule has 0 aliphatic heterocycles. The largest absolute Gasteiger partial charge is 0.494 e. The average molecular weight is 247 g/mol. The third-order valence-electron chi connectivity index (χ3n) is 3.73. The molecule has 0 saturated heterocycles. The number of benzene rings is 1. The van der Waals surface area contributed by atoms with Gasteiger partial charge in [0, 0.05) is 17.6 Å². The molecule has 1 fully saturated rings. The quantitative estimate of drug-likeness (QED) is 0.788. The molecular formula is C16H25NO. The molecule has 0 heterocycles. The van der Waals surface area contributed by atoms with Crippen molar-refractivity contribution in [3.63, 3.8) is 0 Å². The summed E-state index contributed by atoms with van der Waals surface area (Å²) in [5.74, 6) is 1.92. The number of hydrogen-bond acceptors (Lipinski definition) is 2. The van der Waals surface area contributed by atoms with E-state index in [-0.39, 0.29) is 0 Å². The van der Waals surface area contributed by atoms with Gasteiger partial charge in [0.15, 0.2) is 0 Å². The lowest BCUT2D eigenvalue weighted by atomic mass is 10.1. The monoisotopic (exact) mass is 247 g/mol. The first kappa shape index (κ1) is 13.4. The van der Waals surface area contributed by atoms with Crippen molar-refractivity contribution < 1.29 is 4.74 Å². The second kappa shape index (κ2) is 6.24. The molecule has 2 rings (SSSR count). The first-order chi connectivity index (χ1) is 8.76. The SMILES string of the molecule is CCCC1CC1NC(C)c1ccccc1OCC. The van der Waals surface area contributed by atoms with Crippen LogP contribution in [0.2, 0.25) is 0 Å². The summed E-state index contributed by atoms with van der Waals surface area (Å²) >= 11 is 0. The minimum absolute atomic E-state index is 0.375. The van der Waals surface area contributed by atoms with Crippen molar-refractivity contribution in [1.29, 1.82) is 0 Å². The lowest BCUT2D eigenvalue weighted by molar-refractivity contribution is 0.332. The van der Waals surface area contributed by atoms with Gasteiger partial charge in [-0.3, -0.25) is 0 Å². The summed E-state index contributed by atoms with van der Waals surface area (Å²) in [6.07, 6.45) is 4.00. The van der Waals surface area contributed by atoms with Crippen molar-refractivity contribution in [3.05, 3.63) is 29.8 Å². The fraction of sp³-hybridized carbons (Fsp3) is 0.625. The molecule has 1 aliphatic rings. The molecule has 1 aromatic rings. The summed E-state index contributed by atoms with van der Waals surface area (Å²) in [5.41, 5.74) is 1.28. The third kappa shape index (κ3) is 3.26. The Morgan fingerprint density at radius 1 is 1.33 bits per heavy atom. The Hall–Kier alpha value is -1.02. The summed E-state index contributed by atoms with van der Waals surface area (Å²) in [4.78, 5) is 0. The molecule has 0 radical (unpaired) electrons. The van der Waals surface area contributed by atoms with Crippen LogP contribution in [-0.2, 0) is 0 Å². The molecule has 1 saturated carbocycles. The van der Waals surface area contributed by atoms with Crippen molar-refractivity contribution in [2.45, 2.75) is 52.1 Å². The van der Waals surface area contributed by atoms with E-state index in [2.05, 4.69) is 37.4 Å². The van der Waals surface area contributed by atoms with Gasteiger partial charge in [0.25, 0.3) is 0 Å². The van der Waals surface area contributed by atoms with Crippen molar-refractivity contribution in [3.8, 4) is 5.75 Å². The van der Waals surface area contributed by atoms with Gasteiger partial charge in [-0.25, -0.2) is 0 Å². The average Bonchev–Trinajstić information content (AvgIpc) is 3.09. The molecule has 3 atom stereocenters. The Labute approximate surface area is 111 Å². The molecule has 0 spiro atoms. The van der Waals surface area contributed by atoms with Crippen molar-refractivity contribution >= 4 is 0 Å².